The summed E-state index contributed by atoms with van der Waals surface area (Å²) in [6, 6.07) is 22.5. The number of carbonyl (C=O) groups excluding carboxylic acids is 1. The zero-order chi connectivity index (χ0) is 20.5. The van der Waals surface area contributed by atoms with Gasteiger partial charge in [0.2, 0.25) is 0 Å². The van der Waals surface area contributed by atoms with Gasteiger partial charge in [-0.25, -0.2) is 4.98 Å². The van der Waals surface area contributed by atoms with Crippen molar-refractivity contribution in [3.05, 3.63) is 83.4 Å². The second kappa shape index (κ2) is 8.13. The molecule has 2 heterocycles. The molecule has 1 aliphatic heterocycles. The molecule has 5 rings (SSSR count). The predicted molar refractivity (Wildman–Crippen MR) is 127 cm³/mol. The Morgan fingerprint density at radius 3 is 2.80 bits per heavy atom. The Bertz CT molecular complexity index is 1220. The Labute approximate surface area is 184 Å². The average molecular weight is 432 g/mol. The Balaban J connectivity index is 1.28. The van der Waals surface area contributed by atoms with Crippen LogP contribution < -0.4 is 9.62 Å². The smallest absolute Gasteiger partial charge is 0.257 e. The summed E-state index contributed by atoms with van der Waals surface area (Å²) in [6.45, 7) is 3.08. The number of hydrogen-bond acceptors (Lipinski definition) is 5. The first-order chi connectivity index (χ1) is 14.7. The number of para-hydroxylation sites is 1. The van der Waals surface area contributed by atoms with Gasteiger partial charge in [0.05, 0.1) is 15.9 Å². The lowest BCUT2D eigenvalue weighted by atomic mass is 10.0. The predicted octanol–water partition coefficient (Wildman–Crippen LogP) is 6.32. The molecule has 1 N–H and O–H groups in total. The molecule has 1 aromatic heterocycles. The summed E-state index contributed by atoms with van der Waals surface area (Å²) in [5.74, 6) is -0.134. The maximum atomic E-state index is 12.7. The van der Waals surface area contributed by atoms with Crippen LogP contribution in [-0.2, 0) is 6.42 Å². The zero-order valence-electron chi connectivity index (χ0n) is 16.6. The quantitative estimate of drug-likeness (QED) is 0.384. The lowest BCUT2D eigenvalue weighted by molar-refractivity contribution is 0.102. The lowest BCUT2D eigenvalue weighted by Gasteiger charge is -2.29. The van der Waals surface area contributed by atoms with E-state index in [1.54, 1.807) is 11.9 Å². The number of anilines is 2. The van der Waals surface area contributed by atoms with Gasteiger partial charge in [-0.1, -0.05) is 35.6 Å². The highest BCUT2D eigenvalue weighted by Crippen LogP contribution is 2.35. The van der Waals surface area contributed by atoms with Crippen molar-refractivity contribution in [2.24, 2.45) is 0 Å². The molecule has 3 aromatic carbocycles. The van der Waals surface area contributed by atoms with Gasteiger partial charge in [0.15, 0.2) is 5.13 Å². The summed E-state index contributed by atoms with van der Waals surface area (Å²) < 4.78 is 3.43. The van der Waals surface area contributed by atoms with Crippen LogP contribution in [0, 0.1) is 6.92 Å². The van der Waals surface area contributed by atoms with E-state index in [4.69, 9.17) is 0 Å². The third-order valence-electron chi connectivity index (χ3n) is 5.16. The van der Waals surface area contributed by atoms with Crippen molar-refractivity contribution in [3.63, 3.8) is 0 Å². The molecule has 0 spiro atoms. The number of thiazole rings is 1. The minimum Gasteiger partial charge on any atom is -0.312 e. The summed E-state index contributed by atoms with van der Waals surface area (Å²) >= 11 is 3.23. The van der Waals surface area contributed by atoms with Crippen LogP contribution in [-0.4, -0.2) is 17.4 Å². The molecule has 0 unspecified atom stereocenters. The van der Waals surface area contributed by atoms with E-state index in [1.807, 2.05) is 36.4 Å². The molecule has 1 aliphatic rings. The topological polar surface area (TPSA) is 45.2 Å². The molecule has 0 radical (unpaired) electrons. The number of rotatable bonds is 4. The van der Waals surface area contributed by atoms with Gasteiger partial charge in [-0.05, 0) is 85.3 Å². The molecule has 150 valence electrons. The number of benzene rings is 3. The first-order valence-corrected chi connectivity index (χ1v) is 11.6. The van der Waals surface area contributed by atoms with Crippen LogP contribution in [0.25, 0.3) is 10.2 Å². The van der Waals surface area contributed by atoms with Crippen LogP contribution in [0.1, 0.15) is 27.9 Å². The monoisotopic (exact) mass is 431 g/mol. The van der Waals surface area contributed by atoms with E-state index in [2.05, 4.69) is 51.9 Å². The molecule has 0 atom stereocenters. The number of aromatic nitrogens is 1. The molecule has 0 saturated heterocycles. The Morgan fingerprint density at radius 2 is 1.93 bits per heavy atom. The SMILES string of the molecule is Cc1ccc2nc(NC(=O)c3ccc(SN4CCCc5ccccc54)cc3)sc2c1. The highest BCUT2D eigenvalue weighted by molar-refractivity contribution is 8.00. The van der Waals surface area contributed by atoms with Gasteiger partial charge in [0, 0.05) is 17.0 Å². The summed E-state index contributed by atoms with van der Waals surface area (Å²) in [6.07, 6.45) is 2.30. The van der Waals surface area contributed by atoms with Crippen molar-refractivity contribution >= 4 is 50.2 Å². The summed E-state index contributed by atoms with van der Waals surface area (Å²) in [4.78, 5) is 18.3. The molecule has 1 amide bonds. The minimum atomic E-state index is -0.134. The standard InChI is InChI=1S/C24H21N3OS2/c1-16-8-13-20-22(15-16)29-24(25-20)26-23(28)18-9-11-19(12-10-18)30-27-14-4-6-17-5-2-3-7-21(17)27/h2-3,5,7-13,15H,4,6,14H2,1H3,(H,25,26,28). The highest BCUT2D eigenvalue weighted by Gasteiger charge is 2.17. The van der Waals surface area contributed by atoms with E-state index in [9.17, 15) is 4.79 Å². The van der Waals surface area contributed by atoms with E-state index < -0.39 is 0 Å². The first kappa shape index (κ1) is 19.2. The van der Waals surface area contributed by atoms with Crippen molar-refractivity contribution in [1.29, 1.82) is 0 Å². The number of aryl methyl sites for hydroxylation is 2. The van der Waals surface area contributed by atoms with Crippen LogP contribution in [0.3, 0.4) is 0 Å². The summed E-state index contributed by atoms with van der Waals surface area (Å²) in [5.41, 5.74) is 5.43. The number of hydrogen-bond donors (Lipinski definition) is 1. The van der Waals surface area contributed by atoms with Gasteiger partial charge in [-0.15, -0.1) is 0 Å². The van der Waals surface area contributed by atoms with Crippen molar-refractivity contribution in [1.82, 2.24) is 4.98 Å². The van der Waals surface area contributed by atoms with Gasteiger partial charge in [0.25, 0.3) is 5.91 Å². The molecule has 4 nitrogen and oxygen atoms in total. The lowest BCUT2D eigenvalue weighted by Crippen LogP contribution is -2.22. The van der Waals surface area contributed by atoms with E-state index in [0.29, 0.717) is 10.7 Å². The van der Waals surface area contributed by atoms with Gasteiger partial charge < -0.3 is 4.31 Å². The van der Waals surface area contributed by atoms with Crippen molar-refractivity contribution < 1.29 is 4.79 Å². The van der Waals surface area contributed by atoms with Crippen LogP contribution in [0.15, 0.2) is 71.6 Å². The summed E-state index contributed by atoms with van der Waals surface area (Å²) in [7, 11) is 0. The molecular weight excluding hydrogens is 410 g/mol. The average Bonchev–Trinajstić information content (AvgIpc) is 3.16. The van der Waals surface area contributed by atoms with Crippen molar-refractivity contribution in [3.8, 4) is 0 Å². The number of amides is 1. The van der Waals surface area contributed by atoms with Gasteiger partial charge in [-0.3, -0.25) is 10.1 Å². The highest BCUT2D eigenvalue weighted by atomic mass is 32.2. The number of nitrogens with zero attached hydrogens (tertiary/aromatic N) is 2. The van der Waals surface area contributed by atoms with Gasteiger partial charge >= 0.3 is 0 Å². The van der Waals surface area contributed by atoms with Crippen LogP contribution in [0.4, 0.5) is 10.8 Å². The van der Waals surface area contributed by atoms with Gasteiger partial charge in [-0.2, -0.15) is 0 Å². The van der Waals surface area contributed by atoms with Crippen LogP contribution >= 0.6 is 23.3 Å². The number of fused-ring (bicyclic) bond motifs is 2. The van der Waals surface area contributed by atoms with Crippen molar-refractivity contribution in [2.75, 3.05) is 16.2 Å². The van der Waals surface area contributed by atoms with E-state index in [-0.39, 0.29) is 5.91 Å². The van der Waals surface area contributed by atoms with Crippen LogP contribution in [0.5, 0.6) is 0 Å². The normalized spacial score (nSPS) is 13.3. The summed E-state index contributed by atoms with van der Waals surface area (Å²) in [5, 5.41) is 3.56. The first-order valence-electron chi connectivity index (χ1n) is 9.98. The molecule has 30 heavy (non-hydrogen) atoms. The maximum Gasteiger partial charge on any atom is 0.257 e. The third kappa shape index (κ3) is 3.93. The Kier molecular flexibility index (Phi) is 5.19. The third-order valence-corrected chi connectivity index (χ3v) is 7.18. The van der Waals surface area contributed by atoms with E-state index in [1.165, 1.54) is 28.2 Å². The molecule has 6 heteroatoms. The maximum absolute atomic E-state index is 12.7. The van der Waals surface area contributed by atoms with E-state index in [0.717, 1.165) is 34.5 Å². The second-order valence-electron chi connectivity index (χ2n) is 7.39. The molecule has 0 saturated carbocycles. The van der Waals surface area contributed by atoms with Crippen LogP contribution in [0.2, 0.25) is 0 Å². The second-order valence-corrected chi connectivity index (χ2v) is 9.52. The zero-order valence-corrected chi connectivity index (χ0v) is 18.2. The molecule has 4 aromatic rings. The Hall–Kier alpha value is -2.83. The Morgan fingerprint density at radius 1 is 1.10 bits per heavy atom. The largest absolute Gasteiger partial charge is 0.312 e. The molecular formula is C24H21N3OS2. The number of nitrogens with one attached hydrogen (secondary N) is 1. The number of carbonyl (C=O) groups is 1. The fourth-order valence-corrected chi connectivity index (χ4v) is 5.61. The molecule has 0 fully saturated rings. The molecule has 0 aliphatic carbocycles. The minimum absolute atomic E-state index is 0.134. The fraction of sp³-hybridized carbons (Fsp3) is 0.167. The van der Waals surface area contributed by atoms with Gasteiger partial charge in [0.1, 0.15) is 0 Å². The fourth-order valence-electron chi connectivity index (χ4n) is 3.64. The van der Waals surface area contributed by atoms with Crippen molar-refractivity contribution in [2.45, 2.75) is 24.7 Å². The van der Waals surface area contributed by atoms with E-state index >= 15 is 0 Å². The molecule has 0 bridgehead atoms.